The standard InChI is InChI=1S/C18H19ClN2O2S/c19-13-7-3-1-5-11(13)9-10-15(22)21-18-16(17(20)23)12-6-2-4-8-14(12)24-18/h1,3,5,7H,2,4,6,8-10H2,(H2,20,23)(H,21,22). The van der Waals surface area contributed by atoms with Crippen LogP contribution in [-0.4, -0.2) is 11.8 Å². The predicted octanol–water partition coefficient (Wildman–Crippen LogP) is 3.95. The number of halogens is 1. The van der Waals surface area contributed by atoms with Crippen LogP contribution in [0.2, 0.25) is 5.02 Å². The third-order valence-corrected chi connectivity index (χ3v) is 5.83. The van der Waals surface area contributed by atoms with Crippen LogP contribution in [0.3, 0.4) is 0 Å². The zero-order valence-corrected chi connectivity index (χ0v) is 14.8. The molecule has 2 aromatic rings. The zero-order valence-electron chi connectivity index (χ0n) is 13.2. The molecule has 0 unspecified atom stereocenters. The molecule has 4 nitrogen and oxygen atoms in total. The first kappa shape index (κ1) is 17.0. The molecule has 0 saturated heterocycles. The van der Waals surface area contributed by atoms with Gasteiger partial charge in [0.2, 0.25) is 5.91 Å². The monoisotopic (exact) mass is 362 g/mol. The van der Waals surface area contributed by atoms with Crippen molar-refractivity contribution < 1.29 is 9.59 Å². The highest BCUT2D eigenvalue weighted by atomic mass is 35.5. The topological polar surface area (TPSA) is 72.2 Å². The maximum Gasteiger partial charge on any atom is 0.251 e. The third-order valence-electron chi connectivity index (χ3n) is 4.25. The summed E-state index contributed by atoms with van der Waals surface area (Å²) in [7, 11) is 0. The largest absolute Gasteiger partial charge is 0.365 e. The van der Waals surface area contributed by atoms with Gasteiger partial charge < -0.3 is 11.1 Å². The van der Waals surface area contributed by atoms with E-state index in [1.165, 1.54) is 16.2 Å². The fourth-order valence-electron chi connectivity index (χ4n) is 3.05. The van der Waals surface area contributed by atoms with E-state index in [0.29, 0.717) is 28.4 Å². The molecule has 3 rings (SSSR count). The van der Waals surface area contributed by atoms with Crippen molar-refractivity contribution in [3.8, 4) is 0 Å². The number of fused-ring (bicyclic) bond motifs is 1. The van der Waals surface area contributed by atoms with Crippen LogP contribution in [-0.2, 0) is 24.1 Å². The summed E-state index contributed by atoms with van der Waals surface area (Å²) in [5, 5.41) is 4.13. The average molecular weight is 363 g/mol. The van der Waals surface area contributed by atoms with Crippen molar-refractivity contribution in [1.82, 2.24) is 0 Å². The lowest BCUT2D eigenvalue weighted by Gasteiger charge is -2.11. The van der Waals surface area contributed by atoms with Gasteiger partial charge in [0.15, 0.2) is 0 Å². The molecule has 0 bridgehead atoms. The lowest BCUT2D eigenvalue weighted by Crippen LogP contribution is -2.18. The first-order valence-electron chi connectivity index (χ1n) is 8.04. The molecule has 24 heavy (non-hydrogen) atoms. The highest BCUT2D eigenvalue weighted by Crippen LogP contribution is 2.38. The van der Waals surface area contributed by atoms with E-state index in [4.69, 9.17) is 17.3 Å². The third kappa shape index (κ3) is 3.62. The smallest absolute Gasteiger partial charge is 0.251 e. The zero-order chi connectivity index (χ0) is 17.1. The Hall–Kier alpha value is -1.85. The maximum atomic E-state index is 12.3. The molecule has 0 radical (unpaired) electrons. The Morgan fingerprint density at radius 1 is 1.21 bits per heavy atom. The minimum absolute atomic E-state index is 0.129. The van der Waals surface area contributed by atoms with Gasteiger partial charge in [-0.05, 0) is 49.3 Å². The summed E-state index contributed by atoms with van der Waals surface area (Å²) in [6.07, 6.45) is 4.86. The van der Waals surface area contributed by atoms with Crippen LogP contribution >= 0.6 is 22.9 Å². The van der Waals surface area contributed by atoms with E-state index in [2.05, 4.69) is 5.32 Å². The van der Waals surface area contributed by atoms with Crippen LogP contribution in [0.5, 0.6) is 0 Å². The van der Waals surface area contributed by atoms with E-state index in [1.807, 2.05) is 24.3 Å². The van der Waals surface area contributed by atoms with Gasteiger partial charge in [-0.3, -0.25) is 9.59 Å². The van der Waals surface area contributed by atoms with E-state index in [1.54, 1.807) is 0 Å². The van der Waals surface area contributed by atoms with Crippen molar-refractivity contribution in [1.29, 1.82) is 0 Å². The van der Waals surface area contributed by atoms with Crippen LogP contribution in [0.15, 0.2) is 24.3 Å². The summed E-state index contributed by atoms with van der Waals surface area (Å²) < 4.78 is 0. The molecule has 3 N–H and O–H groups in total. The molecule has 1 heterocycles. The van der Waals surface area contributed by atoms with Gasteiger partial charge in [0.1, 0.15) is 5.00 Å². The van der Waals surface area contributed by atoms with Gasteiger partial charge in [0.05, 0.1) is 5.56 Å². The number of nitrogens with one attached hydrogen (secondary N) is 1. The number of carbonyl (C=O) groups is 2. The lowest BCUT2D eigenvalue weighted by molar-refractivity contribution is -0.116. The summed E-state index contributed by atoms with van der Waals surface area (Å²) in [4.78, 5) is 25.3. The van der Waals surface area contributed by atoms with Crippen LogP contribution in [0, 0.1) is 0 Å². The first-order valence-corrected chi connectivity index (χ1v) is 9.23. The van der Waals surface area contributed by atoms with Crippen molar-refractivity contribution in [2.45, 2.75) is 38.5 Å². The van der Waals surface area contributed by atoms with E-state index in [9.17, 15) is 9.59 Å². The molecule has 126 valence electrons. The second kappa shape index (κ2) is 7.36. The predicted molar refractivity (Wildman–Crippen MR) is 97.9 cm³/mol. The van der Waals surface area contributed by atoms with Crippen molar-refractivity contribution in [2.75, 3.05) is 5.32 Å². The number of primary amides is 1. The van der Waals surface area contributed by atoms with Gasteiger partial charge in [-0.15, -0.1) is 11.3 Å². The minimum atomic E-state index is -0.462. The molecular weight excluding hydrogens is 344 g/mol. The number of anilines is 1. The van der Waals surface area contributed by atoms with Crippen LogP contribution in [0.25, 0.3) is 0 Å². The molecule has 2 amide bonds. The maximum absolute atomic E-state index is 12.3. The molecule has 0 aliphatic heterocycles. The fourth-order valence-corrected chi connectivity index (χ4v) is 4.59. The number of benzene rings is 1. The Kier molecular flexibility index (Phi) is 5.21. The van der Waals surface area contributed by atoms with Crippen molar-refractivity contribution in [3.05, 3.63) is 50.9 Å². The van der Waals surface area contributed by atoms with Crippen LogP contribution < -0.4 is 11.1 Å². The van der Waals surface area contributed by atoms with Crippen molar-refractivity contribution >= 4 is 39.8 Å². The summed E-state index contributed by atoms with van der Waals surface area (Å²) >= 11 is 7.60. The number of hydrogen-bond donors (Lipinski definition) is 2. The van der Waals surface area contributed by atoms with Gasteiger partial charge in [-0.2, -0.15) is 0 Å². The Morgan fingerprint density at radius 3 is 2.71 bits per heavy atom. The first-order chi connectivity index (χ1) is 11.6. The number of nitrogens with two attached hydrogens (primary N) is 1. The van der Waals surface area contributed by atoms with Gasteiger partial charge in [-0.25, -0.2) is 0 Å². The molecule has 1 aliphatic rings. The van der Waals surface area contributed by atoms with E-state index >= 15 is 0 Å². The summed E-state index contributed by atoms with van der Waals surface area (Å²) in [6.45, 7) is 0. The molecule has 0 saturated carbocycles. The molecule has 0 spiro atoms. The quantitative estimate of drug-likeness (QED) is 0.845. The van der Waals surface area contributed by atoms with Crippen LogP contribution in [0.1, 0.15) is 45.6 Å². The van der Waals surface area contributed by atoms with Crippen molar-refractivity contribution in [3.63, 3.8) is 0 Å². The molecule has 0 fully saturated rings. The Balaban J connectivity index is 1.71. The molecule has 1 aromatic heterocycles. The van der Waals surface area contributed by atoms with Gasteiger partial charge in [0, 0.05) is 16.3 Å². The Morgan fingerprint density at radius 2 is 1.96 bits per heavy atom. The van der Waals surface area contributed by atoms with Gasteiger partial charge >= 0.3 is 0 Å². The highest BCUT2D eigenvalue weighted by molar-refractivity contribution is 7.17. The second-order valence-electron chi connectivity index (χ2n) is 5.92. The Labute approximate surface area is 150 Å². The number of aryl methyl sites for hydroxylation is 2. The SMILES string of the molecule is NC(=O)c1c(NC(=O)CCc2ccccc2Cl)sc2c1CCCC2. The lowest BCUT2D eigenvalue weighted by atomic mass is 9.95. The highest BCUT2D eigenvalue weighted by Gasteiger charge is 2.24. The van der Waals surface area contributed by atoms with E-state index in [0.717, 1.165) is 36.8 Å². The normalized spacial score (nSPS) is 13.4. The van der Waals surface area contributed by atoms with E-state index in [-0.39, 0.29) is 5.91 Å². The number of carbonyl (C=O) groups excluding carboxylic acids is 2. The average Bonchev–Trinajstić information content (AvgIpc) is 2.92. The summed E-state index contributed by atoms with van der Waals surface area (Å²) in [5.74, 6) is -0.591. The number of rotatable bonds is 5. The minimum Gasteiger partial charge on any atom is -0.365 e. The van der Waals surface area contributed by atoms with Crippen molar-refractivity contribution in [2.24, 2.45) is 5.73 Å². The summed E-state index contributed by atoms with van der Waals surface area (Å²) in [5.41, 5.74) is 8.01. The fraction of sp³-hybridized carbons (Fsp3) is 0.333. The second-order valence-corrected chi connectivity index (χ2v) is 7.43. The molecule has 1 aromatic carbocycles. The number of thiophene rings is 1. The molecular formula is C18H19ClN2O2S. The summed E-state index contributed by atoms with van der Waals surface area (Å²) in [6, 6.07) is 7.49. The van der Waals surface area contributed by atoms with Crippen LogP contribution in [0.4, 0.5) is 5.00 Å². The number of amides is 2. The molecule has 0 atom stereocenters. The Bertz CT molecular complexity index is 785. The number of hydrogen-bond acceptors (Lipinski definition) is 3. The molecule has 6 heteroatoms. The van der Waals surface area contributed by atoms with Gasteiger partial charge in [-0.1, -0.05) is 29.8 Å². The molecule has 1 aliphatic carbocycles. The van der Waals surface area contributed by atoms with Gasteiger partial charge in [0.25, 0.3) is 5.91 Å². The van der Waals surface area contributed by atoms with E-state index < -0.39 is 5.91 Å².